The smallest absolute Gasteiger partial charge is 0.409 e. The third-order valence-electron chi connectivity index (χ3n) is 2.93. The molecule has 20 heavy (non-hydrogen) atoms. The molecule has 0 radical (unpaired) electrons. The van der Waals surface area contributed by atoms with E-state index in [0.29, 0.717) is 32.7 Å². The van der Waals surface area contributed by atoms with Gasteiger partial charge in [0.1, 0.15) is 13.2 Å². The van der Waals surface area contributed by atoms with Gasteiger partial charge >= 0.3 is 12.2 Å². The van der Waals surface area contributed by atoms with Gasteiger partial charge in [0.2, 0.25) is 0 Å². The van der Waals surface area contributed by atoms with Crippen molar-refractivity contribution in [1.82, 2.24) is 10.2 Å². The Kier molecular flexibility index (Phi) is 5.23. The van der Waals surface area contributed by atoms with Crippen molar-refractivity contribution in [3.05, 3.63) is 35.9 Å². The second kappa shape index (κ2) is 7.37. The molecule has 0 saturated carbocycles. The largest absolute Gasteiger partial charge is 0.448 e. The van der Waals surface area contributed by atoms with E-state index in [1.165, 1.54) is 0 Å². The molecule has 1 aliphatic rings. The summed E-state index contributed by atoms with van der Waals surface area (Å²) >= 11 is 0. The lowest BCUT2D eigenvalue weighted by Gasteiger charge is -2.12. The number of carbonyl (C=O) groups is 2. The first-order valence-corrected chi connectivity index (χ1v) is 6.62. The lowest BCUT2D eigenvalue weighted by atomic mass is 10.2. The van der Waals surface area contributed by atoms with Gasteiger partial charge in [0.15, 0.2) is 0 Å². The molecule has 1 aromatic rings. The topological polar surface area (TPSA) is 67.9 Å². The predicted octanol–water partition coefficient (Wildman–Crippen LogP) is 1.76. The standard InChI is InChI=1S/C14H18N2O4/c17-13(20-11-12-5-2-1-3-6-12)15-7-4-8-16-9-10-19-14(16)18/h1-3,5-6H,4,7-11H2,(H,15,17). The number of nitrogens with zero attached hydrogens (tertiary/aromatic N) is 1. The van der Waals surface area contributed by atoms with E-state index in [2.05, 4.69) is 5.32 Å². The van der Waals surface area contributed by atoms with Crippen LogP contribution in [0.2, 0.25) is 0 Å². The van der Waals surface area contributed by atoms with Crippen molar-refractivity contribution in [2.75, 3.05) is 26.2 Å². The Morgan fingerprint density at radius 3 is 2.85 bits per heavy atom. The van der Waals surface area contributed by atoms with Gasteiger partial charge in [-0.25, -0.2) is 9.59 Å². The van der Waals surface area contributed by atoms with E-state index in [-0.39, 0.29) is 12.7 Å². The van der Waals surface area contributed by atoms with Gasteiger partial charge in [-0.2, -0.15) is 0 Å². The van der Waals surface area contributed by atoms with Crippen molar-refractivity contribution in [1.29, 1.82) is 0 Å². The maximum absolute atomic E-state index is 11.4. The Morgan fingerprint density at radius 2 is 2.15 bits per heavy atom. The van der Waals surface area contributed by atoms with E-state index in [1.807, 2.05) is 30.3 Å². The van der Waals surface area contributed by atoms with Crippen LogP contribution in [0.5, 0.6) is 0 Å². The second-order valence-electron chi connectivity index (χ2n) is 4.44. The van der Waals surface area contributed by atoms with Crippen molar-refractivity contribution < 1.29 is 19.1 Å². The van der Waals surface area contributed by atoms with Gasteiger partial charge < -0.3 is 19.7 Å². The van der Waals surface area contributed by atoms with Crippen LogP contribution in [0.15, 0.2) is 30.3 Å². The van der Waals surface area contributed by atoms with Crippen LogP contribution >= 0.6 is 0 Å². The molecule has 1 N–H and O–H groups in total. The van der Waals surface area contributed by atoms with E-state index in [4.69, 9.17) is 9.47 Å². The number of alkyl carbamates (subject to hydrolysis) is 1. The predicted molar refractivity (Wildman–Crippen MR) is 72.2 cm³/mol. The van der Waals surface area contributed by atoms with Crippen LogP contribution in [-0.4, -0.2) is 43.3 Å². The summed E-state index contributed by atoms with van der Waals surface area (Å²) in [5.41, 5.74) is 0.947. The van der Waals surface area contributed by atoms with Gasteiger partial charge in [0.25, 0.3) is 0 Å². The van der Waals surface area contributed by atoms with E-state index in [9.17, 15) is 9.59 Å². The average molecular weight is 278 g/mol. The summed E-state index contributed by atoms with van der Waals surface area (Å²) in [5, 5.41) is 2.65. The van der Waals surface area contributed by atoms with Gasteiger partial charge in [-0.1, -0.05) is 30.3 Å². The molecule has 1 aromatic carbocycles. The van der Waals surface area contributed by atoms with E-state index in [1.54, 1.807) is 4.90 Å². The molecule has 0 aromatic heterocycles. The fourth-order valence-corrected chi connectivity index (χ4v) is 1.86. The molecule has 108 valence electrons. The molecular formula is C14H18N2O4. The Hall–Kier alpha value is -2.24. The number of cyclic esters (lactones) is 1. The highest BCUT2D eigenvalue weighted by Gasteiger charge is 2.20. The zero-order valence-electron chi connectivity index (χ0n) is 11.2. The van der Waals surface area contributed by atoms with Gasteiger partial charge in [-0.05, 0) is 12.0 Å². The first-order valence-electron chi connectivity index (χ1n) is 6.62. The quantitative estimate of drug-likeness (QED) is 0.805. The molecule has 0 unspecified atom stereocenters. The van der Waals surface area contributed by atoms with E-state index in [0.717, 1.165) is 5.56 Å². The van der Waals surface area contributed by atoms with Crippen LogP contribution < -0.4 is 5.32 Å². The molecule has 1 saturated heterocycles. The molecular weight excluding hydrogens is 260 g/mol. The summed E-state index contributed by atoms with van der Waals surface area (Å²) < 4.78 is 9.87. The lowest BCUT2D eigenvalue weighted by Crippen LogP contribution is -2.30. The lowest BCUT2D eigenvalue weighted by molar-refractivity contribution is 0.139. The fourth-order valence-electron chi connectivity index (χ4n) is 1.86. The van der Waals surface area contributed by atoms with E-state index >= 15 is 0 Å². The van der Waals surface area contributed by atoms with Gasteiger partial charge in [0.05, 0.1) is 6.54 Å². The SMILES string of the molecule is O=C(NCCCN1CCOC1=O)OCc1ccccc1. The maximum Gasteiger partial charge on any atom is 0.409 e. The molecule has 1 aliphatic heterocycles. The monoisotopic (exact) mass is 278 g/mol. The third-order valence-corrected chi connectivity index (χ3v) is 2.93. The molecule has 0 atom stereocenters. The fraction of sp³-hybridized carbons (Fsp3) is 0.429. The molecule has 0 aliphatic carbocycles. The maximum atomic E-state index is 11.4. The minimum atomic E-state index is -0.446. The highest BCUT2D eigenvalue weighted by atomic mass is 16.6. The summed E-state index contributed by atoms with van der Waals surface area (Å²) in [6, 6.07) is 9.49. The normalized spacial score (nSPS) is 14.0. The number of hydrogen-bond acceptors (Lipinski definition) is 4. The number of ether oxygens (including phenoxy) is 2. The average Bonchev–Trinajstić information content (AvgIpc) is 2.88. The highest BCUT2D eigenvalue weighted by Crippen LogP contribution is 2.03. The van der Waals surface area contributed by atoms with Crippen molar-refractivity contribution in [3.63, 3.8) is 0 Å². The number of hydrogen-bond donors (Lipinski definition) is 1. The van der Waals surface area contributed by atoms with Crippen LogP contribution in [-0.2, 0) is 16.1 Å². The van der Waals surface area contributed by atoms with Crippen molar-refractivity contribution in [2.24, 2.45) is 0 Å². The first-order chi connectivity index (χ1) is 9.75. The Bertz CT molecular complexity index is 450. The number of benzene rings is 1. The van der Waals surface area contributed by atoms with Crippen LogP contribution in [0.4, 0.5) is 9.59 Å². The van der Waals surface area contributed by atoms with Crippen LogP contribution in [0.25, 0.3) is 0 Å². The summed E-state index contributed by atoms with van der Waals surface area (Å²) in [4.78, 5) is 24.2. The Balaban J connectivity index is 1.55. The Morgan fingerprint density at radius 1 is 1.35 bits per heavy atom. The molecule has 2 amide bonds. The number of nitrogens with one attached hydrogen (secondary N) is 1. The zero-order valence-corrected chi connectivity index (χ0v) is 11.2. The van der Waals surface area contributed by atoms with Crippen LogP contribution in [0.3, 0.4) is 0 Å². The summed E-state index contributed by atoms with van der Waals surface area (Å²) in [5.74, 6) is 0. The van der Waals surface area contributed by atoms with Crippen molar-refractivity contribution in [2.45, 2.75) is 13.0 Å². The molecule has 2 rings (SSSR count). The minimum absolute atomic E-state index is 0.255. The second-order valence-corrected chi connectivity index (χ2v) is 4.44. The third kappa shape index (κ3) is 4.46. The Labute approximate surface area is 117 Å². The number of rotatable bonds is 6. The molecule has 1 fully saturated rings. The van der Waals surface area contributed by atoms with E-state index < -0.39 is 6.09 Å². The number of amides is 2. The summed E-state index contributed by atoms with van der Waals surface area (Å²) in [6.07, 6.45) is -0.0512. The zero-order chi connectivity index (χ0) is 14.2. The minimum Gasteiger partial charge on any atom is -0.448 e. The molecule has 0 bridgehead atoms. The molecule has 1 heterocycles. The highest BCUT2D eigenvalue weighted by molar-refractivity contribution is 5.69. The van der Waals surface area contributed by atoms with Crippen LogP contribution in [0, 0.1) is 0 Å². The first kappa shape index (κ1) is 14.2. The van der Waals surface area contributed by atoms with Gasteiger partial charge in [0, 0.05) is 13.1 Å². The number of carbonyl (C=O) groups excluding carboxylic acids is 2. The van der Waals surface area contributed by atoms with Crippen LogP contribution in [0.1, 0.15) is 12.0 Å². The van der Waals surface area contributed by atoms with Crippen molar-refractivity contribution >= 4 is 12.2 Å². The molecule has 0 spiro atoms. The molecule has 6 nitrogen and oxygen atoms in total. The summed E-state index contributed by atoms with van der Waals surface area (Å²) in [7, 11) is 0. The summed E-state index contributed by atoms with van der Waals surface area (Å²) in [6.45, 7) is 2.38. The van der Waals surface area contributed by atoms with Crippen molar-refractivity contribution in [3.8, 4) is 0 Å². The van der Waals surface area contributed by atoms with Gasteiger partial charge in [-0.3, -0.25) is 0 Å². The van der Waals surface area contributed by atoms with Gasteiger partial charge in [-0.15, -0.1) is 0 Å². The molecule has 6 heteroatoms.